The molecule has 0 saturated heterocycles. The monoisotopic (exact) mass is 640 g/mol. The number of para-hydroxylation sites is 3. The number of hydrogen-bond acceptors (Lipinski definition) is 4. The molecule has 0 bridgehead atoms. The molecule has 3 aromatic heterocycles. The van der Waals surface area contributed by atoms with Crippen molar-refractivity contribution < 1.29 is 4.42 Å². The van der Waals surface area contributed by atoms with E-state index in [2.05, 4.69) is 108 Å². The van der Waals surface area contributed by atoms with Gasteiger partial charge in [0, 0.05) is 32.7 Å². The third-order valence-corrected chi connectivity index (χ3v) is 9.47. The number of furan rings is 1. The van der Waals surface area contributed by atoms with Crippen LogP contribution in [0.2, 0.25) is 0 Å². The van der Waals surface area contributed by atoms with Gasteiger partial charge in [0.05, 0.1) is 22.3 Å². The Bertz CT molecular complexity index is 2800. The molecule has 0 aliphatic rings. The maximum Gasteiger partial charge on any atom is 0.167 e. The van der Waals surface area contributed by atoms with E-state index in [1.165, 1.54) is 21.9 Å². The zero-order valence-corrected chi connectivity index (χ0v) is 26.9. The SMILES string of the molecule is c1ccc(-c2ccc3c4ccccc4n(-c4cccc5c4oc4c(-c6nc(-c7ccccc7)nc(-c7ccccc7)n6)cccc45)c3c2)cc1. The van der Waals surface area contributed by atoms with Crippen molar-refractivity contribution in [1.82, 2.24) is 19.5 Å². The average molecular weight is 641 g/mol. The van der Waals surface area contributed by atoms with Gasteiger partial charge in [-0.2, -0.15) is 0 Å². The molecule has 0 aliphatic heterocycles. The second-order valence-electron chi connectivity index (χ2n) is 12.4. The molecule has 0 spiro atoms. The Hall–Kier alpha value is -6.85. The maximum absolute atomic E-state index is 6.98. The molecule has 0 saturated carbocycles. The number of nitrogens with zero attached hydrogens (tertiary/aromatic N) is 4. The Morgan fingerprint density at radius 3 is 1.60 bits per heavy atom. The standard InChI is InChI=1S/C45H28N4O/c1-4-14-29(15-5-1)32-26-27-34-33-20-10-11-24-38(33)49(40(34)28-32)39-25-13-22-36-35-21-12-23-37(41(35)50-42(36)39)45-47-43(30-16-6-2-7-17-30)46-44(48-45)31-18-8-3-9-19-31/h1-28H. The highest BCUT2D eigenvalue weighted by molar-refractivity contribution is 6.14. The molecule has 0 radical (unpaired) electrons. The van der Waals surface area contributed by atoms with Crippen molar-refractivity contribution in [1.29, 1.82) is 0 Å². The first-order valence-electron chi connectivity index (χ1n) is 16.7. The summed E-state index contributed by atoms with van der Waals surface area (Å²) in [7, 11) is 0. The van der Waals surface area contributed by atoms with Gasteiger partial charge >= 0.3 is 0 Å². The van der Waals surface area contributed by atoms with Crippen molar-refractivity contribution in [2.24, 2.45) is 0 Å². The van der Waals surface area contributed by atoms with Crippen LogP contribution < -0.4 is 0 Å². The minimum absolute atomic E-state index is 0.563. The highest BCUT2D eigenvalue weighted by Gasteiger charge is 2.21. The summed E-state index contributed by atoms with van der Waals surface area (Å²) in [5.41, 5.74) is 9.79. The van der Waals surface area contributed by atoms with Gasteiger partial charge in [-0.05, 0) is 35.4 Å². The molecule has 10 rings (SSSR count). The van der Waals surface area contributed by atoms with Gasteiger partial charge in [0.15, 0.2) is 23.1 Å². The van der Waals surface area contributed by atoms with Crippen LogP contribution in [-0.4, -0.2) is 19.5 Å². The van der Waals surface area contributed by atoms with E-state index in [0.29, 0.717) is 17.5 Å². The molecular weight excluding hydrogens is 613 g/mol. The molecule has 0 aliphatic carbocycles. The highest BCUT2D eigenvalue weighted by Crippen LogP contribution is 2.41. The lowest BCUT2D eigenvalue weighted by atomic mass is 10.0. The summed E-state index contributed by atoms with van der Waals surface area (Å²) in [5, 5.41) is 4.43. The minimum atomic E-state index is 0.563. The van der Waals surface area contributed by atoms with E-state index in [4.69, 9.17) is 19.4 Å². The fourth-order valence-corrected chi connectivity index (χ4v) is 7.13. The molecule has 7 aromatic carbocycles. The zero-order valence-electron chi connectivity index (χ0n) is 26.9. The van der Waals surface area contributed by atoms with E-state index in [-0.39, 0.29) is 0 Å². The Labute approximate surface area is 287 Å². The lowest BCUT2D eigenvalue weighted by Crippen LogP contribution is -2.00. The van der Waals surface area contributed by atoms with Crippen molar-refractivity contribution in [2.45, 2.75) is 0 Å². The van der Waals surface area contributed by atoms with Crippen LogP contribution in [0.4, 0.5) is 0 Å². The van der Waals surface area contributed by atoms with E-state index in [1.54, 1.807) is 0 Å². The summed E-state index contributed by atoms with van der Waals surface area (Å²) < 4.78 is 9.31. The summed E-state index contributed by atoms with van der Waals surface area (Å²) in [4.78, 5) is 15.0. The molecule has 5 nitrogen and oxygen atoms in total. The smallest absolute Gasteiger partial charge is 0.167 e. The Morgan fingerprint density at radius 1 is 0.360 bits per heavy atom. The topological polar surface area (TPSA) is 56.7 Å². The normalized spacial score (nSPS) is 11.6. The Kier molecular flexibility index (Phi) is 6.42. The van der Waals surface area contributed by atoms with Crippen molar-refractivity contribution in [3.8, 4) is 51.0 Å². The molecule has 0 atom stereocenters. The van der Waals surface area contributed by atoms with Crippen molar-refractivity contribution >= 4 is 43.7 Å². The minimum Gasteiger partial charge on any atom is -0.453 e. The van der Waals surface area contributed by atoms with Crippen LogP contribution in [0.15, 0.2) is 174 Å². The Morgan fingerprint density at radius 2 is 0.900 bits per heavy atom. The molecule has 3 heterocycles. The van der Waals surface area contributed by atoms with E-state index in [9.17, 15) is 0 Å². The summed E-state index contributed by atoms with van der Waals surface area (Å²) >= 11 is 0. The predicted octanol–water partition coefficient (Wildman–Crippen LogP) is 11.5. The van der Waals surface area contributed by atoms with Crippen LogP contribution in [0.5, 0.6) is 0 Å². The summed E-state index contributed by atoms with van der Waals surface area (Å²) in [5.74, 6) is 1.79. The summed E-state index contributed by atoms with van der Waals surface area (Å²) in [6, 6.07) is 58.6. The molecule has 0 fully saturated rings. The first-order chi connectivity index (χ1) is 24.8. The molecule has 50 heavy (non-hydrogen) atoms. The van der Waals surface area contributed by atoms with Crippen LogP contribution in [0.25, 0.3) is 94.7 Å². The van der Waals surface area contributed by atoms with Gasteiger partial charge in [-0.15, -0.1) is 0 Å². The zero-order chi connectivity index (χ0) is 33.0. The fourth-order valence-electron chi connectivity index (χ4n) is 7.13. The number of aromatic nitrogens is 4. The quantitative estimate of drug-likeness (QED) is 0.188. The number of benzene rings is 7. The number of hydrogen-bond donors (Lipinski definition) is 0. The third-order valence-electron chi connectivity index (χ3n) is 9.47. The van der Waals surface area contributed by atoms with Crippen molar-refractivity contribution in [2.75, 3.05) is 0 Å². The Balaban J connectivity index is 1.22. The molecule has 5 heteroatoms. The molecule has 0 N–H and O–H groups in total. The second-order valence-corrected chi connectivity index (χ2v) is 12.4. The van der Waals surface area contributed by atoms with Gasteiger partial charge in [-0.3, -0.25) is 0 Å². The van der Waals surface area contributed by atoms with E-state index >= 15 is 0 Å². The van der Waals surface area contributed by atoms with Gasteiger partial charge in [0.25, 0.3) is 0 Å². The number of fused-ring (bicyclic) bond motifs is 6. The van der Waals surface area contributed by atoms with E-state index < -0.39 is 0 Å². The molecular formula is C45H28N4O. The number of rotatable bonds is 5. The first-order valence-corrected chi connectivity index (χ1v) is 16.7. The maximum atomic E-state index is 6.98. The highest BCUT2D eigenvalue weighted by atomic mass is 16.3. The molecule has 0 unspecified atom stereocenters. The van der Waals surface area contributed by atoms with Gasteiger partial charge in [0.1, 0.15) is 5.58 Å². The average Bonchev–Trinajstić information content (AvgIpc) is 3.74. The lowest BCUT2D eigenvalue weighted by Gasteiger charge is -2.10. The van der Waals surface area contributed by atoms with Crippen molar-refractivity contribution in [3.63, 3.8) is 0 Å². The molecule has 0 amide bonds. The predicted molar refractivity (Wildman–Crippen MR) is 203 cm³/mol. The van der Waals surface area contributed by atoms with Gasteiger partial charge < -0.3 is 8.98 Å². The van der Waals surface area contributed by atoms with E-state index in [1.807, 2.05) is 66.7 Å². The molecule has 10 aromatic rings. The van der Waals surface area contributed by atoms with E-state index in [0.717, 1.165) is 55.3 Å². The largest absolute Gasteiger partial charge is 0.453 e. The van der Waals surface area contributed by atoms with Gasteiger partial charge in [-0.1, -0.05) is 146 Å². The van der Waals surface area contributed by atoms with Crippen LogP contribution in [0.1, 0.15) is 0 Å². The lowest BCUT2D eigenvalue weighted by molar-refractivity contribution is 0.667. The summed E-state index contributed by atoms with van der Waals surface area (Å²) in [6.07, 6.45) is 0. The van der Waals surface area contributed by atoms with Crippen LogP contribution >= 0.6 is 0 Å². The van der Waals surface area contributed by atoms with Crippen LogP contribution in [-0.2, 0) is 0 Å². The van der Waals surface area contributed by atoms with Crippen LogP contribution in [0, 0.1) is 0 Å². The third kappa shape index (κ3) is 4.52. The second kappa shape index (κ2) is 11.4. The first kappa shape index (κ1) is 28.2. The van der Waals surface area contributed by atoms with Gasteiger partial charge in [0.2, 0.25) is 0 Å². The fraction of sp³-hybridized carbons (Fsp3) is 0. The summed E-state index contributed by atoms with van der Waals surface area (Å²) in [6.45, 7) is 0. The van der Waals surface area contributed by atoms with Gasteiger partial charge in [-0.25, -0.2) is 15.0 Å². The van der Waals surface area contributed by atoms with Crippen molar-refractivity contribution in [3.05, 3.63) is 170 Å². The van der Waals surface area contributed by atoms with Crippen LogP contribution in [0.3, 0.4) is 0 Å². The molecule has 234 valence electrons.